The third-order valence-corrected chi connectivity index (χ3v) is 7.63. The molecule has 31 heavy (non-hydrogen) atoms. The summed E-state index contributed by atoms with van der Waals surface area (Å²) in [7, 11) is 1.64. The van der Waals surface area contributed by atoms with Crippen LogP contribution in [0.15, 0.2) is 48.5 Å². The molecule has 6 rings (SSSR count). The minimum absolute atomic E-state index is 0.0253. The zero-order valence-electron chi connectivity index (χ0n) is 18.0. The highest BCUT2D eigenvalue weighted by atomic mass is 16.5. The second kappa shape index (κ2) is 7.29. The molecule has 6 nitrogen and oxygen atoms in total. The van der Waals surface area contributed by atoms with Crippen LogP contribution in [0.4, 0.5) is 5.69 Å². The Kier molecular flexibility index (Phi) is 4.68. The summed E-state index contributed by atoms with van der Waals surface area (Å²) in [5.74, 6) is 1.00. The van der Waals surface area contributed by atoms with Crippen LogP contribution in [0.2, 0.25) is 0 Å². The van der Waals surface area contributed by atoms with Crippen molar-refractivity contribution in [3.63, 3.8) is 0 Å². The lowest BCUT2D eigenvalue weighted by molar-refractivity contribution is -0.139. The molecule has 3 fully saturated rings. The van der Waals surface area contributed by atoms with E-state index in [0.717, 1.165) is 42.7 Å². The first kappa shape index (κ1) is 19.9. The van der Waals surface area contributed by atoms with Gasteiger partial charge in [0.1, 0.15) is 11.4 Å². The van der Waals surface area contributed by atoms with Gasteiger partial charge in [-0.15, -0.1) is 0 Å². The lowest BCUT2D eigenvalue weighted by atomic mass is 9.51. The molecule has 2 aromatic rings. The van der Waals surface area contributed by atoms with E-state index in [2.05, 4.69) is 22.9 Å². The SMILES string of the molecule is COc1ccccc1CNC(=O)[C@@H]1C[C@H]2CC[C@@]1(C)C[C@]21NC(=O)c2ccccc2N1. The summed E-state index contributed by atoms with van der Waals surface area (Å²) in [6.45, 7) is 2.65. The van der Waals surface area contributed by atoms with E-state index in [1.54, 1.807) is 7.11 Å². The van der Waals surface area contributed by atoms with Gasteiger partial charge in [0.15, 0.2) is 0 Å². The van der Waals surface area contributed by atoms with Crippen LogP contribution in [0.1, 0.15) is 48.5 Å². The fraction of sp³-hybridized carbons (Fsp3) is 0.440. The topological polar surface area (TPSA) is 79.5 Å². The molecule has 0 saturated heterocycles. The zero-order chi connectivity index (χ0) is 21.6. The van der Waals surface area contributed by atoms with Crippen molar-refractivity contribution in [1.82, 2.24) is 10.6 Å². The van der Waals surface area contributed by atoms with Crippen LogP contribution in [0.5, 0.6) is 5.75 Å². The van der Waals surface area contributed by atoms with Gasteiger partial charge in [0.25, 0.3) is 5.91 Å². The highest BCUT2D eigenvalue weighted by Crippen LogP contribution is 2.58. The van der Waals surface area contributed by atoms with Gasteiger partial charge in [-0.25, -0.2) is 0 Å². The van der Waals surface area contributed by atoms with E-state index in [0.29, 0.717) is 12.1 Å². The molecule has 1 spiro atoms. The van der Waals surface area contributed by atoms with E-state index in [-0.39, 0.29) is 29.1 Å². The average molecular weight is 420 g/mol. The maximum absolute atomic E-state index is 13.2. The summed E-state index contributed by atoms with van der Waals surface area (Å²) in [6.07, 6.45) is 3.51. The molecule has 2 bridgehead atoms. The van der Waals surface area contributed by atoms with Crippen molar-refractivity contribution in [2.75, 3.05) is 12.4 Å². The first-order valence-corrected chi connectivity index (χ1v) is 11.0. The van der Waals surface area contributed by atoms with Gasteiger partial charge >= 0.3 is 0 Å². The van der Waals surface area contributed by atoms with Gasteiger partial charge in [-0.05, 0) is 49.3 Å². The van der Waals surface area contributed by atoms with Crippen molar-refractivity contribution >= 4 is 17.5 Å². The third-order valence-electron chi connectivity index (χ3n) is 7.63. The van der Waals surface area contributed by atoms with Crippen LogP contribution in [0.3, 0.4) is 0 Å². The van der Waals surface area contributed by atoms with Crippen molar-refractivity contribution in [2.45, 2.75) is 44.8 Å². The Bertz CT molecular complexity index is 1040. The molecule has 2 aromatic carbocycles. The molecule has 1 heterocycles. The van der Waals surface area contributed by atoms with Gasteiger partial charge in [-0.3, -0.25) is 9.59 Å². The van der Waals surface area contributed by atoms with Gasteiger partial charge in [-0.1, -0.05) is 37.3 Å². The number of benzene rings is 2. The van der Waals surface area contributed by atoms with Crippen molar-refractivity contribution in [3.05, 3.63) is 59.7 Å². The zero-order valence-corrected chi connectivity index (χ0v) is 18.0. The number of anilines is 1. The number of fused-ring (bicyclic) bond motifs is 3. The first-order chi connectivity index (χ1) is 14.9. The summed E-state index contributed by atoms with van der Waals surface area (Å²) in [6, 6.07) is 15.4. The Morgan fingerprint density at radius 2 is 1.94 bits per heavy atom. The molecule has 162 valence electrons. The van der Waals surface area contributed by atoms with Crippen molar-refractivity contribution in [2.24, 2.45) is 17.3 Å². The van der Waals surface area contributed by atoms with Crippen LogP contribution in [0, 0.1) is 17.3 Å². The molecular formula is C25H29N3O3. The average Bonchev–Trinajstić information content (AvgIpc) is 2.77. The Labute approximate surface area is 182 Å². The Balaban J connectivity index is 1.34. The fourth-order valence-corrected chi connectivity index (χ4v) is 6.01. The van der Waals surface area contributed by atoms with Crippen molar-refractivity contribution < 1.29 is 14.3 Å². The van der Waals surface area contributed by atoms with Gasteiger partial charge in [-0.2, -0.15) is 0 Å². The molecule has 6 heteroatoms. The molecule has 4 atom stereocenters. The summed E-state index contributed by atoms with van der Waals surface area (Å²) in [5, 5.41) is 10.1. The van der Waals surface area contributed by atoms with E-state index >= 15 is 0 Å². The van der Waals surface area contributed by atoms with Crippen LogP contribution < -0.4 is 20.7 Å². The van der Waals surface area contributed by atoms with Crippen LogP contribution in [-0.2, 0) is 11.3 Å². The second-order valence-electron chi connectivity index (χ2n) is 9.48. The summed E-state index contributed by atoms with van der Waals surface area (Å²) >= 11 is 0. The Morgan fingerprint density at radius 3 is 2.74 bits per heavy atom. The molecule has 1 aliphatic heterocycles. The van der Waals surface area contributed by atoms with E-state index in [1.165, 1.54) is 0 Å². The maximum Gasteiger partial charge on any atom is 0.255 e. The standard InChI is InChI=1S/C25H29N3O3/c1-24-12-11-17(25(15-24)27-20-9-5-4-8-18(20)22(29)28-25)13-19(24)23(30)26-14-16-7-3-6-10-21(16)31-2/h3-10,17,19,27H,11-15H2,1-2H3,(H,26,30)(H,28,29)/t17-,19+,24+,25+/m1/s1. The fourth-order valence-electron chi connectivity index (χ4n) is 6.01. The number of amides is 2. The van der Waals surface area contributed by atoms with E-state index in [4.69, 9.17) is 4.74 Å². The predicted molar refractivity (Wildman–Crippen MR) is 119 cm³/mol. The summed E-state index contributed by atoms with van der Waals surface area (Å²) in [5.41, 5.74) is 1.90. The summed E-state index contributed by atoms with van der Waals surface area (Å²) < 4.78 is 5.41. The number of methoxy groups -OCH3 is 1. The monoisotopic (exact) mass is 419 g/mol. The summed E-state index contributed by atoms with van der Waals surface area (Å²) in [4.78, 5) is 26.1. The molecule has 3 N–H and O–H groups in total. The molecule has 0 radical (unpaired) electrons. The number of nitrogens with one attached hydrogen (secondary N) is 3. The first-order valence-electron chi connectivity index (χ1n) is 11.0. The largest absolute Gasteiger partial charge is 0.496 e. The number of para-hydroxylation sites is 2. The quantitative estimate of drug-likeness (QED) is 0.706. The molecular weight excluding hydrogens is 390 g/mol. The number of ether oxygens (including phenoxy) is 1. The number of rotatable bonds is 4. The van der Waals surface area contributed by atoms with Crippen molar-refractivity contribution in [3.8, 4) is 5.75 Å². The predicted octanol–water partition coefficient (Wildman–Crippen LogP) is 3.69. The van der Waals surface area contributed by atoms with Crippen LogP contribution in [-0.4, -0.2) is 24.6 Å². The number of carbonyl (C=O) groups excluding carboxylic acids is 2. The molecule has 0 aromatic heterocycles. The maximum atomic E-state index is 13.2. The van der Waals surface area contributed by atoms with Gasteiger partial charge < -0.3 is 20.7 Å². The highest BCUT2D eigenvalue weighted by Gasteiger charge is 2.60. The van der Waals surface area contributed by atoms with Gasteiger partial charge in [0.2, 0.25) is 5.91 Å². The lowest BCUT2D eigenvalue weighted by Crippen LogP contribution is -2.70. The molecule has 4 aliphatic rings. The minimum atomic E-state index is -0.474. The van der Waals surface area contributed by atoms with Crippen LogP contribution in [0.25, 0.3) is 0 Å². The Morgan fingerprint density at radius 1 is 1.16 bits per heavy atom. The van der Waals surface area contributed by atoms with Gasteiger partial charge in [0.05, 0.1) is 12.7 Å². The number of carbonyl (C=O) groups is 2. The van der Waals surface area contributed by atoms with E-state index in [9.17, 15) is 9.59 Å². The number of hydrogen-bond donors (Lipinski definition) is 3. The molecule has 0 unspecified atom stereocenters. The second-order valence-corrected chi connectivity index (χ2v) is 9.48. The highest BCUT2D eigenvalue weighted by molar-refractivity contribution is 6.02. The smallest absolute Gasteiger partial charge is 0.255 e. The number of hydrogen-bond acceptors (Lipinski definition) is 4. The molecule has 3 saturated carbocycles. The Hall–Kier alpha value is -3.02. The van der Waals surface area contributed by atoms with E-state index in [1.807, 2.05) is 48.5 Å². The third kappa shape index (κ3) is 3.25. The minimum Gasteiger partial charge on any atom is -0.496 e. The molecule has 2 amide bonds. The molecule has 3 aliphatic carbocycles. The van der Waals surface area contributed by atoms with E-state index < -0.39 is 5.66 Å². The normalized spacial score (nSPS) is 30.8. The van der Waals surface area contributed by atoms with Gasteiger partial charge in [0, 0.05) is 29.6 Å². The van der Waals surface area contributed by atoms with Crippen molar-refractivity contribution in [1.29, 1.82) is 0 Å². The van der Waals surface area contributed by atoms with Crippen LogP contribution >= 0.6 is 0 Å². The lowest BCUT2D eigenvalue weighted by Gasteiger charge is -2.60.